The first-order valence-corrected chi connectivity index (χ1v) is 11.0. The molecule has 37 heavy (non-hydrogen) atoms. The molecule has 0 atom stereocenters. The summed E-state index contributed by atoms with van der Waals surface area (Å²) in [7, 11) is 2.11. The summed E-state index contributed by atoms with van der Waals surface area (Å²) in [6.07, 6.45) is -3.65. The Balaban J connectivity index is 0.000000479. The second-order valence-electron chi connectivity index (χ2n) is 8.08. The van der Waals surface area contributed by atoms with Gasteiger partial charge in [0.1, 0.15) is 17.5 Å². The van der Waals surface area contributed by atoms with Gasteiger partial charge in [0.15, 0.2) is 0 Å². The van der Waals surface area contributed by atoms with Gasteiger partial charge in [-0.15, -0.1) is 0 Å². The lowest BCUT2D eigenvalue weighted by Gasteiger charge is -2.35. The van der Waals surface area contributed by atoms with Crippen LogP contribution in [0.3, 0.4) is 0 Å². The quantitative estimate of drug-likeness (QED) is 0.482. The minimum atomic E-state index is -5.08. The summed E-state index contributed by atoms with van der Waals surface area (Å²) < 4.78 is 33.2. The van der Waals surface area contributed by atoms with Crippen LogP contribution in [-0.4, -0.2) is 71.1 Å². The molecule has 0 spiro atoms. The minimum Gasteiger partial charge on any atom is -0.475 e. The van der Waals surface area contributed by atoms with Gasteiger partial charge in [-0.05, 0) is 43.4 Å². The number of carboxylic acid groups (broad SMARTS) is 1. The highest BCUT2D eigenvalue weighted by molar-refractivity contribution is 6.08. The lowest BCUT2D eigenvalue weighted by atomic mass is 10.1. The first-order valence-electron chi connectivity index (χ1n) is 11.0. The van der Waals surface area contributed by atoms with E-state index in [1.807, 2.05) is 30.3 Å². The molecule has 1 aliphatic rings. The van der Waals surface area contributed by atoms with E-state index in [0.29, 0.717) is 22.5 Å². The topological polar surface area (TPSA) is 141 Å². The number of aromatic nitrogens is 2. The molecule has 3 aromatic rings. The summed E-state index contributed by atoms with van der Waals surface area (Å²) >= 11 is 0. The van der Waals surface area contributed by atoms with Crippen molar-refractivity contribution in [1.82, 2.24) is 14.7 Å². The zero-order chi connectivity index (χ0) is 27.2. The number of nitrogens with zero attached hydrogens (tertiary/aromatic N) is 5. The summed E-state index contributed by atoms with van der Waals surface area (Å²) in [6, 6.07) is 16.9. The maximum Gasteiger partial charge on any atom is 0.490 e. The Morgan fingerprint density at radius 2 is 1.68 bits per heavy atom. The number of nitrogens with one attached hydrogen (secondary N) is 1. The van der Waals surface area contributed by atoms with Crippen molar-refractivity contribution in [3.8, 4) is 11.8 Å². The molecule has 1 amide bonds. The zero-order valence-corrected chi connectivity index (χ0v) is 19.7. The molecule has 4 rings (SSSR count). The fraction of sp³-hybridized carbons (Fsp3) is 0.250. The number of amides is 1. The number of nitrogen functional groups attached to an aromatic ring is 1. The summed E-state index contributed by atoms with van der Waals surface area (Å²) in [5.41, 5.74) is 9.25. The van der Waals surface area contributed by atoms with Gasteiger partial charge in [-0.1, -0.05) is 12.1 Å². The number of carbonyl (C=O) groups is 2. The third-order valence-corrected chi connectivity index (χ3v) is 5.53. The van der Waals surface area contributed by atoms with Crippen LogP contribution in [0.25, 0.3) is 5.69 Å². The molecule has 4 N–H and O–H groups in total. The van der Waals surface area contributed by atoms with Crippen molar-refractivity contribution in [3.63, 3.8) is 0 Å². The van der Waals surface area contributed by atoms with Crippen LogP contribution in [-0.2, 0) is 4.79 Å². The van der Waals surface area contributed by atoms with Gasteiger partial charge in [0.2, 0.25) is 0 Å². The van der Waals surface area contributed by atoms with Crippen molar-refractivity contribution in [3.05, 3.63) is 65.9 Å². The Morgan fingerprint density at radius 3 is 2.22 bits per heavy atom. The number of carboxylic acids is 1. The number of alkyl halides is 3. The van der Waals surface area contributed by atoms with Crippen molar-refractivity contribution < 1.29 is 27.9 Å². The fourth-order valence-corrected chi connectivity index (χ4v) is 3.52. The van der Waals surface area contributed by atoms with Crippen molar-refractivity contribution in [2.45, 2.75) is 6.18 Å². The lowest BCUT2D eigenvalue weighted by Crippen LogP contribution is -2.45. The lowest BCUT2D eigenvalue weighted by molar-refractivity contribution is -0.192. The number of piperazine rings is 1. The van der Waals surface area contributed by atoms with E-state index < -0.39 is 12.1 Å². The molecule has 2 aromatic carbocycles. The van der Waals surface area contributed by atoms with Gasteiger partial charge < -0.3 is 26.0 Å². The number of para-hydroxylation sites is 1. The molecule has 0 saturated carbocycles. The normalized spacial score (nSPS) is 13.8. The molecule has 10 nitrogen and oxygen atoms in total. The molecule has 0 bridgehead atoms. The van der Waals surface area contributed by atoms with Gasteiger partial charge in [0.25, 0.3) is 5.91 Å². The molecule has 194 valence electrons. The maximum atomic E-state index is 13.0. The van der Waals surface area contributed by atoms with E-state index in [1.165, 1.54) is 10.9 Å². The number of carbonyl (C=O) groups excluding carboxylic acids is 1. The van der Waals surface area contributed by atoms with Crippen molar-refractivity contribution >= 4 is 29.1 Å². The van der Waals surface area contributed by atoms with E-state index in [1.54, 1.807) is 24.3 Å². The molecular formula is C24H24F3N7O3. The maximum absolute atomic E-state index is 13.0. The average molecular weight is 515 g/mol. The number of rotatable bonds is 4. The minimum absolute atomic E-state index is 0.150. The van der Waals surface area contributed by atoms with Crippen LogP contribution in [0.2, 0.25) is 0 Å². The van der Waals surface area contributed by atoms with Crippen LogP contribution in [0.1, 0.15) is 15.9 Å². The molecule has 0 aliphatic carbocycles. The van der Waals surface area contributed by atoms with Crippen LogP contribution >= 0.6 is 0 Å². The van der Waals surface area contributed by atoms with E-state index in [2.05, 4.69) is 27.3 Å². The van der Waals surface area contributed by atoms with E-state index in [-0.39, 0.29) is 11.7 Å². The third-order valence-electron chi connectivity index (χ3n) is 5.53. The number of aliphatic carboxylic acids is 1. The smallest absolute Gasteiger partial charge is 0.475 e. The van der Waals surface area contributed by atoms with Crippen molar-refractivity contribution in [2.75, 3.05) is 49.2 Å². The zero-order valence-electron chi connectivity index (χ0n) is 19.7. The number of hydrogen-bond donors (Lipinski definition) is 3. The van der Waals surface area contributed by atoms with Crippen LogP contribution in [0.4, 0.5) is 30.4 Å². The van der Waals surface area contributed by atoms with Gasteiger partial charge in [-0.2, -0.15) is 23.5 Å². The highest BCUT2D eigenvalue weighted by Gasteiger charge is 2.38. The van der Waals surface area contributed by atoms with Crippen LogP contribution in [0.5, 0.6) is 0 Å². The first-order chi connectivity index (χ1) is 17.5. The molecular weight excluding hydrogens is 491 g/mol. The Kier molecular flexibility index (Phi) is 8.36. The average Bonchev–Trinajstić information content (AvgIpc) is 3.25. The number of benzene rings is 2. The van der Waals surface area contributed by atoms with Gasteiger partial charge in [-0.25, -0.2) is 9.48 Å². The molecule has 1 aliphatic heterocycles. The van der Waals surface area contributed by atoms with Gasteiger partial charge in [-0.3, -0.25) is 4.79 Å². The third kappa shape index (κ3) is 6.77. The molecule has 1 aromatic heterocycles. The predicted octanol–water partition coefficient (Wildman–Crippen LogP) is 2.96. The van der Waals surface area contributed by atoms with E-state index in [9.17, 15) is 18.0 Å². The number of hydrogen-bond acceptors (Lipinski definition) is 7. The van der Waals surface area contributed by atoms with Crippen LogP contribution in [0, 0.1) is 11.3 Å². The number of likely N-dealkylation sites (N-methyl/N-ethyl adjacent to an activating group) is 1. The molecule has 13 heteroatoms. The van der Waals surface area contributed by atoms with E-state index in [4.69, 9.17) is 20.9 Å². The molecule has 1 saturated heterocycles. The van der Waals surface area contributed by atoms with Crippen molar-refractivity contribution in [1.29, 1.82) is 5.26 Å². The number of nitrogens with two attached hydrogens (primary N) is 1. The second kappa shape index (κ2) is 11.4. The number of anilines is 3. The molecule has 0 radical (unpaired) electrons. The van der Waals surface area contributed by atoms with Crippen molar-refractivity contribution in [2.24, 2.45) is 0 Å². The number of nitriles is 1. The van der Waals surface area contributed by atoms with E-state index in [0.717, 1.165) is 31.9 Å². The fourth-order valence-electron chi connectivity index (χ4n) is 3.52. The monoisotopic (exact) mass is 515 g/mol. The SMILES string of the molecule is CN1CCN(c2ccccc2C(=O)Nc2ccc(-n3ncc(C#N)c3N)cc2)CC1.O=C(O)C(F)(F)F. The van der Waals surface area contributed by atoms with Crippen LogP contribution < -0.4 is 16.0 Å². The van der Waals surface area contributed by atoms with Gasteiger partial charge >= 0.3 is 12.1 Å². The molecule has 0 unspecified atom stereocenters. The molecule has 2 heterocycles. The highest BCUT2D eigenvalue weighted by atomic mass is 19.4. The Labute approximate surface area is 210 Å². The second-order valence-corrected chi connectivity index (χ2v) is 8.08. The first kappa shape index (κ1) is 27.0. The predicted molar refractivity (Wildman–Crippen MR) is 130 cm³/mol. The summed E-state index contributed by atoms with van der Waals surface area (Å²) in [4.78, 5) is 26.4. The largest absolute Gasteiger partial charge is 0.490 e. The summed E-state index contributed by atoms with van der Waals surface area (Å²) in [5.74, 6) is -2.62. The highest BCUT2D eigenvalue weighted by Crippen LogP contribution is 2.24. The molecule has 1 fully saturated rings. The summed E-state index contributed by atoms with van der Waals surface area (Å²) in [6.45, 7) is 3.74. The Morgan fingerprint density at radius 1 is 1.08 bits per heavy atom. The van der Waals surface area contributed by atoms with Crippen LogP contribution in [0.15, 0.2) is 54.7 Å². The van der Waals surface area contributed by atoms with E-state index >= 15 is 0 Å². The van der Waals surface area contributed by atoms with Gasteiger partial charge in [0, 0.05) is 37.6 Å². The van der Waals surface area contributed by atoms with Gasteiger partial charge in [0.05, 0.1) is 17.4 Å². The summed E-state index contributed by atoms with van der Waals surface area (Å²) in [5, 5.41) is 23.3. The standard InChI is InChI=1S/C22H23N7O.C2HF3O2/c1-27-10-12-28(13-11-27)20-5-3-2-4-19(20)22(30)26-17-6-8-18(9-7-17)29-21(24)16(14-23)15-25-29;3-2(4,5)1(6)7/h2-9,15H,10-13,24H2,1H3,(H,26,30);(H,6,7). The Hall–Kier alpha value is -4.57. The number of halogens is 3. The Bertz CT molecular complexity index is 1290.